The Morgan fingerprint density at radius 2 is 2.12 bits per heavy atom. The number of nitrogens with zero attached hydrogens (tertiary/aromatic N) is 1. The quantitative estimate of drug-likeness (QED) is 0.676. The highest BCUT2D eigenvalue weighted by molar-refractivity contribution is 14.1. The molecule has 0 radical (unpaired) electrons. The second kappa shape index (κ2) is 5.91. The van der Waals surface area contributed by atoms with Gasteiger partial charge in [0.1, 0.15) is 0 Å². The van der Waals surface area contributed by atoms with Crippen molar-refractivity contribution in [3.63, 3.8) is 0 Å². The molecule has 1 aromatic carbocycles. The summed E-state index contributed by atoms with van der Waals surface area (Å²) >= 11 is 2.29. The van der Waals surface area contributed by atoms with Gasteiger partial charge in [0.15, 0.2) is 0 Å². The molecule has 17 heavy (non-hydrogen) atoms. The minimum atomic E-state index is 0.729. The Balaban J connectivity index is 2.00. The summed E-state index contributed by atoms with van der Waals surface area (Å²) in [5.41, 5.74) is 8.06. The number of nitrogen functional groups attached to an aromatic ring is 1. The van der Waals surface area contributed by atoms with Crippen molar-refractivity contribution in [3.05, 3.63) is 21.8 Å². The summed E-state index contributed by atoms with van der Waals surface area (Å²) in [6.07, 6.45) is 2.32. The molecular weight excluding hydrogens is 327 g/mol. The number of hydrogen-bond acceptors (Lipinski definition) is 3. The topological polar surface area (TPSA) is 38.5 Å². The van der Waals surface area contributed by atoms with E-state index in [0.29, 0.717) is 0 Å². The molecule has 94 valence electrons. The van der Waals surface area contributed by atoms with Gasteiger partial charge in [0, 0.05) is 30.4 Å². The first-order chi connectivity index (χ1) is 8.16. The molecule has 0 unspecified atom stereocenters. The Morgan fingerprint density at radius 3 is 2.76 bits per heavy atom. The summed E-state index contributed by atoms with van der Waals surface area (Å²) in [5.74, 6) is 0.729. The maximum atomic E-state index is 6.06. The fraction of sp³-hybridized carbons (Fsp3) is 0.538. The molecule has 2 rings (SSSR count). The van der Waals surface area contributed by atoms with Gasteiger partial charge in [-0.2, -0.15) is 0 Å². The van der Waals surface area contributed by atoms with Crippen LogP contribution in [0.1, 0.15) is 12.8 Å². The Bertz CT molecular complexity index is 378. The van der Waals surface area contributed by atoms with Crippen LogP contribution in [0.15, 0.2) is 18.2 Å². The number of ether oxygens (including phenoxy) is 1. The van der Waals surface area contributed by atoms with Crippen LogP contribution in [0.5, 0.6) is 0 Å². The van der Waals surface area contributed by atoms with Crippen LogP contribution in [0.25, 0.3) is 0 Å². The van der Waals surface area contributed by atoms with Crippen LogP contribution in [0.3, 0.4) is 0 Å². The lowest BCUT2D eigenvalue weighted by Crippen LogP contribution is -2.29. The summed E-state index contributed by atoms with van der Waals surface area (Å²) in [6.45, 7) is 2.87. The molecule has 1 aliphatic rings. The van der Waals surface area contributed by atoms with Gasteiger partial charge in [-0.3, -0.25) is 0 Å². The molecule has 1 fully saturated rings. The van der Waals surface area contributed by atoms with Gasteiger partial charge in [-0.25, -0.2) is 0 Å². The predicted octanol–water partition coefficient (Wildman–Crippen LogP) is 2.74. The number of halogens is 1. The highest BCUT2D eigenvalue weighted by Crippen LogP contribution is 2.26. The Kier molecular flexibility index (Phi) is 4.50. The highest BCUT2D eigenvalue weighted by Gasteiger charge is 2.16. The van der Waals surface area contributed by atoms with E-state index in [4.69, 9.17) is 10.5 Å². The second-order valence-electron chi connectivity index (χ2n) is 4.64. The molecule has 0 aliphatic carbocycles. The Morgan fingerprint density at radius 1 is 1.41 bits per heavy atom. The zero-order valence-electron chi connectivity index (χ0n) is 10.2. The van der Waals surface area contributed by atoms with Crippen LogP contribution in [-0.2, 0) is 4.74 Å². The predicted molar refractivity (Wildman–Crippen MR) is 80.4 cm³/mol. The molecule has 1 saturated heterocycles. The average Bonchev–Trinajstić information content (AvgIpc) is 2.30. The smallest absolute Gasteiger partial charge is 0.0598 e. The van der Waals surface area contributed by atoms with Gasteiger partial charge in [-0.15, -0.1) is 0 Å². The van der Waals surface area contributed by atoms with Gasteiger partial charge in [-0.05, 0) is 59.5 Å². The largest absolute Gasteiger partial charge is 0.397 e. The standard InChI is InChI=1S/C13H19IN2O/c1-16(9-10-4-6-17-7-5-10)13-3-2-11(14)8-12(13)15/h2-3,8,10H,4-7,9,15H2,1H3. The SMILES string of the molecule is CN(CC1CCOCC1)c1ccc(I)cc1N. The van der Waals surface area contributed by atoms with Crippen molar-refractivity contribution in [3.8, 4) is 0 Å². The third-order valence-electron chi connectivity index (χ3n) is 3.27. The molecule has 4 heteroatoms. The first-order valence-electron chi connectivity index (χ1n) is 6.00. The van der Waals surface area contributed by atoms with Crippen molar-refractivity contribution < 1.29 is 4.74 Å². The van der Waals surface area contributed by atoms with Crippen molar-refractivity contribution in [2.45, 2.75) is 12.8 Å². The number of hydrogen-bond donors (Lipinski definition) is 1. The monoisotopic (exact) mass is 346 g/mol. The van der Waals surface area contributed by atoms with Crippen LogP contribution in [-0.4, -0.2) is 26.8 Å². The molecule has 0 aromatic heterocycles. The highest BCUT2D eigenvalue weighted by atomic mass is 127. The van der Waals surface area contributed by atoms with E-state index in [9.17, 15) is 0 Å². The molecule has 0 atom stereocenters. The third kappa shape index (κ3) is 3.48. The van der Waals surface area contributed by atoms with E-state index < -0.39 is 0 Å². The van der Waals surface area contributed by atoms with Crippen LogP contribution in [0, 0.1) is 9.49 Å². The molecule has 0 bridgehead atoms. The number of anilines is 2. The van der Waals surface area contributed by atoms with Gasteiger partial charge >= 0.3 is 0 Å². The van der Waals surface area contributed by atoms with E-state index in [1.165, 1.54) is 3.57 Å². The second-order valence-corrected chi connectivity index (χ2v) is 5.89. The van der Waals surface area contributed by atoms with E-state index >= 15 is 0 Å². The van der Waals surface area contributed by atoms with E-state index in [2.05, 4.69) is 46.7 Å². The molecular formula is C13H19IN2O. The van der Waals surface area contributed by atoms with Crippen molar-refractivity contribution in [1.82, 2.24) is 0 Å². The number of benzene rings is 1. The van der Waals surface area contributed by atoms with Gasteiger partial charge in [-0.1, -0.05) is 0 Å². The molecule has 0 amide bonds. The Hall–Kier alpha value is -0.490. The fourth-order valence-electron chi connectivity index (χ4n) is 2.29. The van der Waals surface area contributed by atoms with Crippen LogP contribution in [0.2, 0.25) is 0 Å². The summed E-state index contributed by atoms with van der Waals surface area (Å²) in [7, 11) is 2.12. The number of rotatable bonds is 3. The first kappa shape index (κ1) is 13.0. The third-order valence-corrected chi connectivity index (χ3v) is 3.94. The van der Waals surface area contributed by atoms with Crippen molar-refractivity contribution >= 4 is 34.0 Å². The van der Waals surface area contributed by atoms with Crippen molar-refractivity contribution in [1.29, 1.82) is 0 Å². The maximum absolute atomic E-state index is 6.06. The zero-order valence-corrected chi connectivity index (χ0v) is 12.3. The summed E-state index contributed by atoms with van der Waals surface area (Å²) in [6, 6.07) is 6.24. The fourth-order valence-corrected chi connectivity index (χ4v) is 2.80. The Labute approximate surface area is 116 Å². The van der Waals surface area contributed by atoms with Gasteiger partial charge in [0.25, 0.3) is 0 Å². The lowest BCUT2D eigenvalue weighted by atomic mass is 9.99. The molecule has 0 spiro atoms. The maximum Gasteiger partial charge on any atom is 0.0598 e. The van der Waals surface area contributed by atoms with E-state index in [0.717, 1.165) is 49.9 Å². The van der Waals surface area contributed by atoms with E-state index in [-0.39, 0.29) is 0 Å². The van der Waals surface area contributed by atoms with Gasteiger partial charge in [0.2, 0.25) is 0 Å². The van der Waals surface area contributed by atoms with Gasteiger partial charge in [0.05, 0.1) is 11.4 Å². The molecule has 0 saturated carbocycles. The van der Waals surface area contributed by atoms with Crippen LogP contribution >= 0.6 is 22.6 Å². The lowest BCUT2D eigenvalue weighted by molar-refractivity contribution is 0.0685. The minimum absolute atomic E-state index is 0.729. The van der Waals surface area contributed by atoms with Crippen LogP contribution in [0.4, 0.5) is 11.4 Å². The van der Waals surface area contributed by atoms with Crippen molar-refractivity contribution in [2.24, 2.45) is 5.92 Å². The van der Waals surface area contributed by atoms with Crippen molar-refractivity contribution in [2.75, 3.05) is 37.4 Å². The lowest BCUT2D eigenvalue weighted by Gasteiger charge is -2.29. The zero-order chi connectivity index (χ0) is 12.3. The first-order valence-corrected chi connectivity index (χ1v) is 7.08. The number of nitrogens with two attached hydrogens (primary N) is 1. The molecule has 1 heterocycles. The molecule has 2 N–H and O–H groups in total. The van der Waals surface area contributed by atoms with Gasteiger partial charge < -0.3 is 15.4 Å². The van der Waals surface area contributed by atoms with Crippen LogP contribution < -0.4 is 10.6 Å². The average molecular weight is 346 g/mol. The van der Waals surface area contributed by atoms with E-state index in [1.807, 2.05) is 6.07 Å². The molecule has 3 nitrogen and oxygen atoms in total. The molecule has 1 aromatic rings. The summed E-state index contributed by atoms with van der Waals surface area (Å²) in [4.78, 5) is 2.27. The molecule has 1 aliphatic heterocycles. The summed E-state index contributed by atoms with van der Waals surface area (Å²) in [5, 5.41) is 0. The minimum Gasteiger partial charge on any atom is -0.397 e. The summed E-state index contributed by atoms with van der Waals surface area (Å²) < 4.78 is 6.57. The van der Waals surface area contributed by atoms with E-state index in [1.54, 1.807) is 0 Å². The normalized spacial score (nSPS) is 17.1.